The van der Waals surface area contributed by atoms with E-state index in [1.807, 2.05) is 26.0 Å². The first-order valence-electron chi connectivity index (χ1n) is 3.80. The molecule has 0 bridgehead atoms. The van der Waals surface area contributed by atoms with E-state index in [2.05, 4.69) is 15.0 Å². The van der Waals surface area contributed by atoms with Gasteiger partial charge in [-0.05, 0) is 19.9 Å². The minimum absolute atomic E-state index is 0.804. The topological polar surface area (TPSA) is 38.1 Å². The molecule has 0 aromatic carbocycles. The molecule has 62 valence electrons. The molecule has 0 spiro atoms. The first-order chi connectivity index (χ1) is 5.88. The fourth-order valence-corrected chi connectivity index (χ4v) is 0.857. The van der Waals surface area contributed by atoms with Gasteiger partial charge in [0.15, 0.2) is 0 Å². The van der Waals surface area contributed by atoms with E-state index in [-0.39, 0.29) is 0 Å². The predicted octanol–water partition coefficient (Wildman–Crippen LogP) is 2.23. The molecular formula is C9H11N3. The van der Waals surface area contributed by atoms with Crippen LogP contribution in [0, 0.1) is 0 Å². The van der Waals surface area contributed by atoms with Gasteiger partial charge >= 0.3 is 0 Å². The van der Waals surface area contributed by atoms with Crippen LogP contribution in [0.3, 0.4) is 0 Å². The molecule has 0 aliphatic rings. The number of aromatic nitrogens is 2. The van der Waals surface area contributed by atoms with Gasteiger partial charge in [-0.2, -0.15) is 0 Å². The van der Waals surface area contributed by atoms with Gasteiger partial charge in [0, 0.05) is 6.21 Å². The van der Waals surface area contributed by atoms with Crippen molar-refractivity contribution in [3.05, 3.63) is 24.3 Å². The first kappa shape index (κ1) is 8.59. The molecule has 1 heterocycles. The van der Waals surface area contributed by atoms with Crippen LogP contribution in [0.4, 0.5) is 5.69 Å². The van der Waals surface area contributed by atoms with Gasteiger partial charge in [0.1, 0.15) is 12.0 Å². The zero-order valence-corrected chi connectivity index (χ0v) is 7.23. The Balaban J connectivity index is 3.08. The number of hydrogen-bond acceptors (Lipinski definition) is 3. The van der Waals surface area contributed by atoms with Gasteiger partial charge in [0.2, 0.25) is 0 Å². The lowest BCUT2D eigenvalue weighted by molar-refractivity contribution is 1.14. The third-order valence-corrected chi connectivity index (χ3v) is 1.32. The van der Waals surface area contributed by atoms with E-state index in [4.69, 9.17) is 0 Å². The van der Waals surface area contributed by atoms with Crippen LogP contribution in [0.1, 0.15) is 19.5 Å². The van der Waals surface area contributed by atoms with Crippen LogP contribution in [-0.2, 0) is 0 Å². The van der Waals surface area contributed by atoms with E-state index in [1.165, 1.54) is 6.33 Å². The van der Waals surface area contributed by atoms with Crippen molar-refractivity contribution in [2.45, 2.75) is 13.8 Å². The second kappa shape index (κ2) is 4.38. The molecule has 0 fully saturated rings. The summed E-state index contributed by atoms with van der Waals surface area (Å²) >= 11 is 0. The highest BCUT2D eigenvalue weighted by molar-refractivity contribution is 5.66. The van der Waals surface area contributed by atoms with Gasteiger partial charge in [0.05, 0.1) is 11.9 Å². The zero-order chi connectivity index (χ0) is 8.81. The highest BCUT2D eigenvalue weighted by Gasteiger charge is 1.95. The average Bonchev–Trinajstić information content (AvgIpc) is 2.09. The Kier molecular flexibility index (Phi) is 3.14. The van der Waals surface area contributed by atoms with E-state index in [1.54, 1.807) is 12.4 Å². The third-order valence-electron chi connectivity index (χ3n) is 1.32. The Morgan fingerprint density at radius 3 is 2.92 bits per heavy atom. The molecule has 3 nitrogen and oxygen atoms in total. The fourth-order valence-electron chi connectivity index (χ4n) is 0.857. The van der Waals surface area contributed by atoms with Crippen molar-refractivity contribution in [2.75, 3.05) is 0 Å². The van der Waals surface area contributed by atoms with Gasteiger partial charge < -0.3 is 0 Å². The van der Waals surface area contributed by atoms with Crippen LogP contribution < -0.4 is 0 Å². The van der Waals surface area contributed by atoms with Gasteiger partial charge in [0.25, 0.3) is 0 Å². The summed E-state index contributed by atoms with van der Waals surface area (Å²) in [6, 6.07) is 0. The summed E-state index contributed by atoms with van der Waals surface area (Å²) in [5, 5.41) is 0. The normalized spacial score (nSPS) is 11.5. The molecule has 1 aromatic rings. The third kappa shape index (κ3) is 1.99. The number of rotatable bonds is 2. The van der Waals surface area contributed by atoms with Gasteiger partial charge in [-0.15, -0.1) is 0 Å². The van der Waals surface area contributed by atoms with Crippen molar-refractivity contribution in [3.8, 4) is 0 Å². The number of nitrogens with zero attached hydrogens (tertiary/aromatic N) is 3. The van der Waals surface area contributed by atoms with Crippen molar-refractivity contribution in [1.29, 1.82) is 0 Å². The predicted molar refractivity (Wildman–Crippen MR) is 50.6 cm³/mol. The van der Waals surface area contributed by atoms with Crippen LogP contribution in [-0.4, -0.2) is 16.2 Å². The summed E-state index contributed by atoms with van der Waals surface area (Å²) in [7, 11) is 0. The number of hydrogen-bond donors (Lipinski definition) is 0. The summed E-state index contributed by atoms with van der Waals surface area (Å²) in [4.78, 5) is 12.1. The molecule has 0 unspecified atom stereocenters. The molecule has 0 aliphatic carbocycles. The maximum atomic E-state index is 4.12. The molecule has 3 heteroatoms. The summed E-state index contributed by atoms with van der Waals surface area (Å²) in [6.45, 7) is 3.81. The molecule has 0 saturated carbocycles. The zero-order valence-electron chi connectivity index (χ0n) is 7.23. The van der Waals surface area contributed by atoms with E-state index in [9.17, 15) is 0 Å². The molecule has 12 heavy (non-hydrogen) atoms. The van der Waals surface area contributed by atoms with Gasteiger partial charge in [-0.3, -0.25) is 4.99 Å². The van der Waals surface area contributed by atoms with Crippen molar-refractivity contribution in [3.63, 3.8) is 0 Å². The largest absolute Gasteiger partial charge is 0.258 e. The Hall–Kier alpha value is -1.51. The highest BCUT2D eigenvalue weighted by Crippen LogP contribution is 2.15. The van der Waals surface area contributed by atoms with E-state index < -0.39 is 0 Å². The standard InChI is InChI=1S/C9H11N3/c1-3-5-8-9(11-4-2)6-10-7-12-8/h3-7H,1-2H3/b5-3-,11-4-. The minimum atomic E-state index is 0.804. The average molecular weight is 161 g/mol. The number of aliphatic imine (C=N–C) groups is 1. The Morgan fingerprint density at radius 2 is 2.25 bits per heavy atom. The lowest BCUT2D eigenvalue weighted by atomic mass is 10.3. The number of allylic oxidation sites excluding steroid dienone is 1. The van der Waals surface area contributed by atoms with Gasteiger partial charge in [-0.1, -0.05) is 6.08 Å². The maximum absolute atomic E-state index is 4.12. The summed E-state index contributed by atoms with van der Waals surface area (Å²) in [5.41, 5.74) is 1.66. The second-order valence-corrected chi connectivity index (χ2v) is 2.18. The Labute approximate surface area is 71.9 Å². The Morgan fingerprint density at radius 1 is 1.42 bits per heavy atom. The van der Waals surface area contributed by atoms with Crippen LogP contribution in [0.5, 0.6) is 0 Å². The highest BCUT2D eigenvalue weighted by atomic mass is 14.9. The van der Waals surface area contributed by atoms with Crippen molar-refractivity contribution >= 4 is 18.0 Å². The molecular weight excluding hydrogens is 150 g/mol. The smallest absolute Gasteiger partial charge is 0.116 e. The fraction of sp³-hybridized carbons (Fsp3) is 0.222. The van der Waals surface area contributed by atoms with Crippen molar-refractivity contribution in [2.24, 2.45) is 4.99 Å². The van der Waals surface area contributed by atoms with Crippen LogP contribution >= 0.6 is 0 Å². The van der Waals surface area contributed by atoms with Crippen LogP contribution in [0.15, 0.2) is 23.6 Å². The van der Waals surface area contributed by atoms with Crippen LogP contribution in [0.25, 0.3) is 6.08 Å². The Bertz CT molecular complexity index is 271. The molecule has 1 rings (SSSR count). The SMILES string of the molecule is C/C=C\c1ncncc1/N=C\C. The minimum Gasteiger partial charge on any atom is -0.258 e. The van der Waals surface area contributed by atoms with Crippen molar-refractivity contribution < 1.29 is 0 Å². The van der Waals surface area contributed by atoms with E-state index in [0.29, 0.717) is 0 Å². The summed E-state index contributed by atoms with van der Waals surface area (Å²) in [6.07, 6.45) is 8.78. The molecule has 0 radical (unpaired) electrons. The molecule has 0 N–H and O–H groups in total. The van der Waals surface area contributed by atoms with Crippen LogP contribution in [0.2, 0.25) is 0 Å². The van der Waals surface area contributed by atoms with Gasteiger partial charge in [-0.25, -0.2) is 9.97 Å². The lowest BCUT2D eigenvalue weighted by Crippen LogP contribution is -1.83. The van der Waals surface area contributed by atoms with E-state index >= 15 is 0 Å². The summed E-state index contributed by atoms with van der Waals surface area (Å²) in [5.74, 6) is 0. The quantitative estimate of drug-likeness (QED) is 0.624. The second-order valence-electron chi connectivity index (χ2n) is 2.18. The monoisotopic (exact) mass is 161 g/mol. The molecule has 0 saturated heterocycles. The lowest BCUT2D eigenvalue weighted by Gasteiger charge is -1.95. The molecule has 1 aromatic heterocycles. The molecule has 0 amide bonds. The molecule has 0 aliphatic heterocycles. The maximum Gasteiger partial charge on any atom is 0.116 e. The van der Waals surface area contributed by atoms with E-state index in [0.717, 1.165) is 11.4 Å². The molecule has 0 atom stereocenters. The summed E-state index contributed by atoms with van der Waals surface area (Å²) < 4.78 is 0. The first-order valence-corrected chi connectivity index (χ1v) is 3.80. The van der Waals surface area contributed by atoms with Crippen molar-refractivity contribution in [1.82, 2.24) is 9.97 Å².